The van der Waals surface area contributed by atoms with Crippen LogP contribution in [-0.4, -0.2) is 53.6 Å². The summed E-state index contributed by atoms with van der Waals surface area (Å²) in [4.78, 5) is 16.6. The zero-order valence-electron chi connectivity index (χ0n) is 16.7. The van der Waals surface area contributed by atoms with Gasteiger partial charge in [0.15, 0.2) is 5.76 Å². The second-order valence-corrected chi connectivity index (χ2v) is 7.32. The first-order chi connectivity index (χ1) is 14.7. The van der Waals surface area contributed by atoms with Crippen molar-refractivity contribution in [1.29, 1.82) is 0 Å². The molecule has 0 atom stereocenters. The van der Waals surface area contributed by atoms with Crippen molar-refractivity contribution in [2.45, 2.75) is 13.2 Å². The molecule has 30 heavy (non-hydrogen) atoms. The van der Waals surface area contributed by atoms with Gasteiger partial charge in [0.1, 0.15) is 18.1 Å². The normalized spacial score (nSPS) is 14.8. The largest absolute Gasteiger partial charge is 0.365 e. The molecule has 6 nitrogen and oxygen atoms in total. The molecule has 7 heteroatoms. The molecular weight excluding hydrogens is 385 g/mol. The van der Waals surface area contributed by atoms with Crippen molar-refractivity contribution >= 4 is 5.91 Å². The third kappa shape index (κ3) is 5.31. The summed E-state index contributed by atoms with van der Waals surface area (Å²) in [5.74, 6) is 0.215. The van der Waals surface area contributed by atoms with Crippen LogP contribution in [0.3, 0.4) is 0 Å². The van der Waals surface area contributed by atoms with E-state index in [1.165, 1.54) is 17.7 Å². The Morgan fingerprint density at radius 1 is 1.03 bits per heavy atom. The molecule has 3 aromatic rings. The number of hydrogen-bond donors (Lipinski definition) is 0. The molecule has 1 aromatic heterocycles. The van der Waals surface area contributed by atoms with Crippen LogP contribution in [0.25, 0.3) is 11.3 Å². The van der Waals surface area contributed by atoms with Gasteiger partial charge in [-0.3, -0.25) is 9.69 Å². The minimum absolute atomic E-state index is 0.0113. The molecule has 0 spiro atoms. The summed E-state index contributed by atoms with van der Waals surface area (Å²) in [5, 5.41) is 3.95. The van der Waals surface area contributed by atoms with Crippen LogP contribution < -0.4 is 0 Å². The Hall–Kier alpha value is -3.03. The summed E-state index contributed by atoms with van der Waals surface area (Å²) >= 11 is 0. The van der Waals surface area contributed by atoms with Crippen molar-refractivity contribution in [2.75, 3.05) is 32.8 Å². The number of rotatable bonds is 7. The Morgan fingerprint density at radius 2 is 1.77 bits per heavy atom. The molecule has 2 aromatic carbocycles. The van der Waals surface area contributed by atoms with Gasteiger partial charge in [-0.15, -0.1) is 0 Å². The molecule has 1 aliphatic heterocycles. The third-order valence-corrected chi connectivity index (χ3v) is 5.14. The van der Waals surface area contributed by atoms with Gasteiger partial charge in [-0.05, 0) is 29.8 Å². The standard InChI is InChI=1S/C23H24FN3O3/c24-20-8-6-19(7-9-20)22-14-21(25-30-22)16-29-17-23(28)27-12-10-26(11-13-27)15-18-4-2-1-3-5-18/h1-9,14H,10-13,15-17H2. The summed E-state index contributed by atoms with van der Waals surface area (Å²) in [6, 6.07) is 18.1. The molecule has 0 unspecified atom stereocenters. The van der Waals surface area contributed by atoms with Gasteiger partial charge in [0.2, 0.25) is 5.91 Å². The number of benzene rings is 2. The fraction of sp³-hybridized carbons (Fsp3) is 0.304. The van der Waals surface area contributed by atoms with Crippen molar-refractivity contribution in [2.24, 2.45) is 0 Å². The number of nitrogens with zero attached hydrogens (tertiary/aromatic N) is 3. The quantitative estimate of drug-likeness (QED) is 0.599. The van der Waals surface area contributed by atoms with Gasteiger partial charge in [0.25, 0.3) is 0 Å². The maximum atomic E-state index is 13.0. The number of halogens is 1. The second kappa shape index (κ2) is 9.65. The topological polar surface area (TPSA) is 58.8 Å². The molecule has 2 heterocycles. The fourth-order valence-electron chi connectivity index (χ4n) is 3.46. The van der Waals surface area contributed by atoms with Crippen molar-refractivity contribution in [3.05, 3.63) is 77.7 Å². The molecular formula is C23H24FN3O3. The number of amides is 1. The molecule has 156 valence electrons. The lowest BCUT2D eigenvalue weighted by atomic mass is 10.1. The first-order valence-electron chi connectivity index (χ1n) is 10.0. The maximum Gasteiger partial charge on any atom is 0.248 e. The highest BCUT2D eigenvalue weighted by Crippen LogP contribution is 2.21. The van der Waals surface area contributed by atoms with E-state index < -0.39 is 0 Å². The Balaban J connectivity index is 1.19. The van der Waals surface area contributed by atoms with E-state index in [4.69, 9.17) is 9.26 Å². The van der Waals surface area contributed by atoms with Crippen LogP contribution in [0.15, 0.2) is 65.2 Å². The Kier molecular flexibility index (Phi) is 6.51. The van der Waals surface area contributed by atoms with Gasteiger partial charge in [0.05, 0.1) is 6.61 Å². The highest BCUT2D eigenvalue weighted by molar-refractivity contribution is 5.77. The van der Waals surface area contributed by atoms with Gasteiger partial charge in [-0.1, -0.05) is 35.5 Å². The molecule has 0 saturated carbocycles. The average molecular weight is 409 g/mol. The van der Waals surface area contributed by atoms with E-state index in [0.29, 0.717) is 24.5 Å². The van der Waals surface area contributed by atoms with Gasteiger partial charge in [0, 0.05) is 44.4 Å². The highest BCUT2D eigenvalue weighted by Gasteiger charge is 2.21. The first-order valence-corrected chi connectivity index (χ1v) is 10.0. The molecule has 1 aliphatic rings. The predicted octanol–water partition coefficient (Wildman–Crippen LogP) is 3.34. The Bertz CT molecular complexity index is 951. The van der Waals surface area contributed by atoms with Crippen LogP contribution in [0.2, 0.25) is 0 Å². The average Bonchev–Trinajstić information content (AvgIpc) is 3.24. The number of carbonyl (C=O) groups excluding carboxylic acids is 1. The zero-order chi connectivity index (χ0) is 20.8. The molecule has 0 N–H and O–H groups in total. The van der Waals surface area contributed by atoms with Gasteiger partial charge >= 0.3 is 0 Å². The number of ether oxygens (including phenoxy) is 1. The van der Waals surface area contributed by atoms with Crippen LogP contribution >= 0.6 is 0 Å². The SMILES string of the molecule is O=C(COCc1cc(-c2ccc(F)cc2)on1)N1CCN(Cc2ccccc2)CC1. The summed E-state index contributed by atoms with van der Waals surface area (Å²) in [5.41, 5.74) is 2.61. The summed E-state index contributed by atoms with van der Waals surface area (Å²) in [7, 11) is 0. The van der Waals surface area contributed by atoms with Gasteiger partial charge in [-0.25, -0.2) is 4.39 Å². The smallest absolute Gasteiger partial charge is 0.248 e. The van der Waals surface area contributed by atoms with E-state index in [2.05, 4.69) is 22.2 Å². The van der Waals surface area contributed by atoms with Crippen molar-refractivity contribution in [1.82, 2.24) is 15.0 Å². The summed E-state index contributed by atoms with van der Waals surface area (Å²) in [6.45, 7) is 4.21. The molecule has 4 rings (SSSR count). The first kappa shape index (κ1) is 20.3. The number of carbonyl (C=O) groups is 1. The van der Waals surface area contributed by atoms with E-state index in [-0.39, 0.29) is 24.9 Å². The Morgan fingerprint density at radius 3 is 2.50 bits per heavy atom. The lowest BCUT2D eigenvalue weighted by Crippen LogP contribution is -2.49. The minimum atomic E-state index is -0.304. The van der Waals surface area contributed by atoms with Crippen LogP contribution in [0.4, 0.5) is 4.39 Å². The van der Waals surface area contributed by atoms with Crippen LogP contribution in [0.1, 0.15) is 11.3 Å². The van der Waals surface area contributed by atoms with Crippen LogP contribution in [0.5, 0.6) is 0 Å². The molecule has 0 bridgehead atoms. The second-order valence-electron chi connectivity index (χ2n) is 7.32. The molecule has 1 fully saturated rings. The molecule has 0 aliphatic carbocycles. The number of aromatic nitrogens is 1. The monoisotopic (exact) mass is 409 g/mol. The fourth-order valence-corrected chi connectivity index (χ4v) is 3.46. The van der Waals surface area contributed by atoms with Crippen molar-refractivity contribution < 1.29 is 18.4 Å². The lowest BCUT2D eigenvalue weighted by molar-refractivity contribution is -0.138. The van der Waals surface area contributed by atoms with Crippen LogP contribution in [-0.2, 0) is 22.7 Å². The Labute approximate surface area is 174 Å². The number of piperazine rings is 1. The lowest BCUT2D eigenvalue weighted by Gasteiger charge is -2.34. The zero-order valence-corrected chi connectivity index (χ0v) is 16.7. The van der Waals surface area contributed by atoms with E-state index in [9.17, 15) is 9.18 Å². The predicted molar refractivity (Wildman–Crippen MR) is 110 cm³/mol. The van der Waals surface area contributed by atoms with E-state index in [0.717, 1.165) is 25.2 Å². The summed E-state index contributed by atoms with van der Waals surface area (Å²) < 4.78 is 23.8. The highest BCUT2D eigenvalue weighted by atomic mass is 19.1. The molecule has 1 amide bonds. The third-order valence-electron chi connectivity index (χ3n) is 5.14. The number of hydrogen-bond acceptors (Lipinski definition) is 5. The van der Waals surface area contributed by atoms with E-state index in [1.54, 1.807) is 18.2 Å². The van der Waals surface area contributed by atoms with Gasteiger partial charge in [-0.2, -0.15) is 0 Å². The van der Waals surface area contributed by atoms with Crippen LogP contribution in [0, 0.1) is 5.82 Å². The molecule has 1 saturated heterocycles. The van der Waals surface area contributed by atoms with E-state index in [1.807, 2.05) is 23.1 Å². The summed E-state index contributed by atoms with van der Waals surface area (Å²) in [6.07, 6.45) is 0. The minimum Gasteiger partial charge on any atom is -0.365 e. The van der Waals surface area contributed by atoms with Gasteiger partial charge < -0.3 is 14.2 Å². The molecule has 0 radical (unpaired) electrons. The maximum absolute atomic E-state index is 13.0. The van der Waals surface area contributed by atoms with E-state index >= 15 is 0 Å². The van der Waals surface area contributed by atoms with Crippen molar-refractivity contribution in [3.63, 3.8) is 0 Å². The van der Waals surface area contributed by atoms with Crippen molar-refractivity contribution in [3.8, 4) is 11.3 Å².